The Bertz CT molecular complexity index is 1020. The summed E-state index contributed by atoms with van der Waals surface area (Å²) in [5.74, 6) is -0.199. The zero-order valence-corrected chi connectivity index (χ0v) is 17.3. The van der Waals surface area contributed by atoms with E-state index in [4.69, 9.17) is 4.74 Å². The summed E-state index contributed by atoms with van der Waals surface area (Å²) < 4.78 is 6.84. The number of ether oxygens (including phenoxy) is 1. The largest absolute Gasteiger partial charge is 0.444 e. The van der Waals surface area contributed by atoms with Gasteiger partial charge in [0.2, 0.25) is 0 Å². The van der Waals surface area contributed by atoms with E-state index in [-0.39, 0.29) is 35.8 Å². The van der Waals surface area contributed by atoms with Crippen molar-refractivity contribution < 1.29 is 14.3 Å². The van der Waals surface area contributed by atoms with Gasteiger partial charge in [-0.05, 0) is 40.0 Å². The average Bonchev–Trinajstić information content (AvgIpc) is 3.23. The van der Waals surface area contributed by atoms with Crippen molar-refractivity contribution in [2.75, 3.05) is 13.1 Å². The highest BCUT2D eigenvalue weighted by atomic mass is 16.6. The maximum Gasteiger partial charge on any atom is 0.410 e. The number of fused-ring (bicyclic) bond motifs is 2. The third-order valence-corrected chi connectivity index (χ3v) is 5.49. The van der Waals surface area contributed by atoms with Crippen molar-refractivity contribution in [3.8, 4) is 0 Å². The number of aryl methyl sites for hydroxylation is 1. The molecule has 29 heavy (non-hydrogen) atoms. The number of amides is 2. The molecule has 156 valence electrons. The molecule has 0 unspecified atom stereocenters. The number of rotatable bonds is 2. The lowest BCUT2D eigenvalue weighted by Crippen LogP contribution is -2.48. The first-order valence-corrected chi connectivity index (χ1v) is 10.1. The smallest absolute Gasteiger partial charge is 0.410 e. The minimum Gasteiger partial charge on any atom is -0.444 e. The van der Waals surface area contributed by atoms with Crippen LogP contribution in [0, 0.1) is 0 Å². The monoisotopic (exact) mass is 401 g/mol. The topological polar surface area (TPSA) is 100 Å². The van der Waals surface area contributed by atoms with E-state index in [0.717, 1.165) is 12.1 Å². The molecule has 2 amide bonds. The van der Waals surface area contributed by atoms with E-state index in [9.17, 15) is 14.4 Å². The Hall–Kier alpha value is -2.84. The number of aromatic amines is 1. The van der Waals surface area contributed by atoms with Gasteiger partial charge in [-0.1, -0.05) is 6.92 Å². The average molecular weight is 401 g/mol. The lowest BCUT2D eigenvalue weighted by molar-refractivity contribution is 0.0148. The number of nitrogens with one attached hydrogen (secondary N) is 1. The molecule has 9 heteroatoms. The van der Waals surface area contributed by atoms with Gasteiger partial charge in [-0.15, -0.1) is 0 Å². The van der Waals surface area contributed by atoms with Crippen LogP contribution >= 0.6 is 0 Å². The molecule has 0 spiro atoms. The lowest BCUT2D eigenvalue weighted by atomic mass is 10.0. The van der Waals surface area contributed by atoms with Crippen LogP contribution in [0.2, 0.25) is 0 Å². The fourth-order valence-corrected chi connectivity index (χ4v) is 3.97. The number of carbonyl (C=O) groups is 2. The first-order chi connectivity index (χ1) is 13.7. The highest BCUT2D eigenvalue weighted by Crippen LogP contribution is 2.27. The van der Waals surface area contributed by atoms with Gasteiger partial charge in [0.1, 0.15) is 11.3 Å². The number of carbonyl (C=O) groups excluding carboxylic acids is 2. The SMILES string of the molecule is CCc1cc2nc3c(c(=O)n2[nH]1)CN(C1CCN(C(=O)OC(C)(C)C)CC1)C3=O. The fourth-order valence-electron chi connectivity index (χ4n) is 3.97. The van der Waals surface area contributed by atoms with Crippen molar-refractivity contribution >= 4 is 17.6 Å². The third kappa shape index (κ3) is 3.49. The third-order valence-electron chi connectivity index (χ3n) is 5.49. The quantitative estimate of drug-likeness (QED) is 0.829. The van der Waals surface area contributed by atoms with E-state index in [1.54, 1.807) is 15.9 Å². The van der Waals surface area contributed by atoms with Crippen LogP contribution in [0.1, 0.15) is 62.3 Å². The Morgan fingerprint density at radius 1 is 1.28 bits per heavy atom. The number of H-pyrrole nitrogens is 1. The molecule has 2 aromatic heterocycles. The summed E-state index contributed by atoms with van der Waals surface area (Å²) in [5.41, 5.74) is 1.32. The molecule has 2 aliphatic rings. The van der Waals surface area contributed by atoms with Crippen molar-refractivity contribution in [2.24, 2.45) is 0 Å². The van der Waals surface area contributed by atoms with Crippen molar-refractivity contribution in [2.45, 2.75) is 65.1 Å². The Kier molecular flexibility index (Phi) is 4.63. The standard InChI is InChI=1S/C20H27N5O4/c1-5-12-10-15-21-16-14(17(26)25(15)22-12)11-24(18(16)27)13-6-8-23(9-7-13)19(28)29-20(2,3)4/h10,13,22H,5-9,11H2,1-4H3. The molecule has 0 bridgehead atoms. The molecule has 1 saturated heterocycles. The zero-order chi connectivity index (χ0) is 20.9. The summed E-state index contributed by atoms with van der Waals surface area (Å²) >= 11 is 0. The maximum absolute atomic E-state index is 13.0. The number of likely N-dealkylation sites (tertiary alicyclic amines) is 1. The second-order valence-corrected chi connectivity index (χ2v) is 8.70. The molecule has 4 heterocycles. The van der Waals surface area contributed by atoms with Crippen molar-refractivity contribution in [1.82, 2.24) is 24.4 Å². The Balaban J connectivity index is 1.49. The molecule has 4 rings (SSSR count). The molecule has 0 aliphatic carbocycles. The minimum absolute atomic E-state index is 0.0238. The predicted octanol–water partition coefficient (Wildman–Crippen LogP) is 1.94. The van der Waals surface area contributed by atoms with E-state index in [1.165, 1.54) is 4.52 Å². The summed E-state index contributed by atoms with van der Waals surface area (Å²) in [5, 5.41) is 3.04. The summed E-state index contributed by atoms with van der Waals surface area (Å²) in [6.07, 6.45) is 1.73. The predicted molar refractivity (Wildman–Crippen MR) is 106 cm³/mol. The second-order valence-electron chi connectivity index (χ2n) is 8.70. The summed E-state index contributed by atoms with van der Waals surface area (Å²) in [6, 6.07) is 1.78. The Morgan fingerprint density at radius 2 is 1.97 bits per heavy atom. The Labute approximate surface area is 168 Å². The van der Waals surface area contributed by atoms with Gasteiger partial charge in [0.05, 0.1) is 12.1 Å². The van der Waals surface area contributed by atoms with E-state index >= 15 is 0 Å². The molecular formula is C20H27N5O4. The zero-order valence-electron chi connectivity index (χ0n) is 17.3. The normalized spacial score (nSPS) is 17.9. The van der Waals surface area contributed by atoms with Crippen LogP contribution in [0.3, 0.4) is 0 Å². The van der Waals surface area contributed by atoms with Gasteiger partial charge in [-0.2, -0.15) is 0 Å². The van der Waals surface area contributed by atoms with Crippen molar-refractivity contribution in [3.63, 3.8) is 0 Å². The van der Waals surface area contributed by atoms with Gasteiger partial charge in [0.25, 0.3) is 11.5 Å². The van der Waals surface area contributed by atoms with E-state index in [2.05, 4.69) is 10.1 Å². The number of piperidine rings is 1. The first-order valence-electron chi connectivity index (χ1n) is 10.1. The molecular weight excluding hydrogens is 374 g/mol. The van der Waals surface area contributed by atoms with Gasteiger partial charge < -0.3 is 14.5 Å². The molecule has 0 atom stereocenters. The molecule has 1 fully saturated rings. The van der Waals surface area contributed by atoms with Crippen LogP contribution in [0.5, 0.6) is 0 Å². The summed E-state index contributed by atoms with van der Waals surface area (Å²) in [7, 11) is 0. The number of aromatic nitrogens is 3. The van der Waals surface area contributed by atoms with Gasteiger partial charge in [0.15, 0.2) is 5.65 Å². The van der Waals surface area contributed by atoms with Gasteiger partial charge in [-0.3, -0.25) is 14.7 Å². The number of hydrogen-bond acceptors (Lipinski definition) is 5. The van der Waals surface area contributed by atoms with Crippen LogP contribution in [0.15, 0.2) is 10.9 Å². The molecule has 0 saturated carbocycles. The van der Waals surface area contributed by atoms with Gasteiger partial charge in [0, 0.05) is 30.9 Å². The van der Waals surface area contributed by atoms with Crippen LogP contribution in [0.4, 0.5) is 4.79 Å². The van der Waals surface area contributed by atoms with E-state index < -0.39 is 5.60 Å². The fraction of sp³-hybridized carbons (Fsp3) is 0.600. The summed E-state index contributed by atoms with van der Waals surface area (Å²) in [6.45, 7) is 8.82. The molecule has 1 N–H and O–H groups in total. The maximum atomic E-state index is 13.0. The van der Waals surface area contributed by atoms with Crippen molar-refractivity contribution in [3.05, 3.63) is 33.4 Å². The van der Waals surface area contributed by atoms with Gasteiger partial charge >= 0.3 is 6.09 Å². The highest BCUT2D eigenvalue weighted by molar-refractivity contribution is 5.97. The first kappa shape index (κ1) is 19.5. The molecule has 9 nitrogen and oxygen atoms in total. The van der Waals surface area contributed by atoms with E-state index in [1.807, 2.05) is 27.7 Å². The molecule has 2 aliphatic heterocycles. The second kappa shape index (κ2) is 6.89. The lowest BCUT2D eigenvalue weighted by Gasteiger charge is -2.37. The number of hydrogen-bond donors (Lipinski definition) is 1. The van der Waals surface area contributed by atoms with Crippen LogP contribution in [0.25, 0.3) is 5.65 Å². The van der Waals surface area contributed by atoms with Crippen molar-refractivity contribution in [1.29, 1.82) is 0 Å². The molecule has 2 aromatic rings. The van der Waals surface area contributed by atoms with Gasteiger partial charge in [-0.25, -0.2) is 14.3 Å². The Morgan fingerprint density at radius 3 is 2.59 bits per heavy atom. The molecule has 0 radical (unpaired) electrons. The van der Waals surface area contributed by atoms with Crippen LogP contribution in [-0.4, -0.2) is 61.1 Å². The number of nitrogens with zero attached hydrogens (tertiary/aromatic N) is 4. The van der Waals surface area contributed by atoms with Crippen LogP contribution in [-0.2, 0) is 17.7 Å². The summed E-state index contributed by atoms with van der Waals surface area (Å²) in [4.78, 5) is 45.9. The van der Waals surface area contributed by atoms with Crippen LogP contribution < -0.4 is 5.56 Å². The molecule has 0 aromatic carbocycles. The highest BCUT2D eigenvalue weighted by Gasteiger charge is 2.38. The minimum atomic E-state index is -0.533. The van der Waals surface area contributed by atoms with E-state index in [0.29, 0.717) is 37.1 Å².